The SMILES string of the molecule is Cc1cc(COc2ccc(C3C[C@@]4(C[C@@H]4C(=O)O)C(=O)N3)cc2)c2ccccc2n1.O=C(NO)[C@H]1C[C@@]12CC(c1ccc(OCc3cc(-c4ccccc4)nc4ccccc34)cc1)NC2=O.O=C(NO)[C@H]1C[C@@]12CC(c1ccc(OCc3cc(-c4cccnc4)nc4ccccc34)cc1)NC2=O.O=C(O)[C@H]1C[C@@]12CC(c1ccc(OCc3cc(-c4ccccc4)nc4ccccc34)cc1)NC2=O. The fourth-order valence-electron chi connectivity index (χ4n) is 20.3. The highest BCUT2D eigenvalue weighted by Crippen LogP contribution is 2.64. The molecule has 6 amide bonds. The van der Waals surface area contributed by atoms with Crippen molar-refractivity contribution in [3.8, 4) is 56.8 Å². The molecule has 8 fully saturated rings. The Kier molecular flexibility index (Phi) is 24.0. The maximum absolute atomic E-state index is 12.5. The summed E-state index contributed by atoms with van der Waals surface area (Å²) in [4.78, 5) is 119. The highest BCUT2D eigenvalue weighted by Gasteiger charge is 2.70. The minimum Gasteiger partial charge on any atom is -0.489 e. The Bertz CT molecular complexity index is 6990. The number of para-hydroxylation sites is 4. The van der Waals surface area contributed by atoms with Crippen LogP contribution in [0.5, 0.6) is 23.0 Å². The van der Waals surface area contributed by atoms with E-state index in [9.17, 15) is 48.6 Å². The molecular weight excluding hydrogens is 1730 g/mol. The molecule has 4 saturated carbocycles. The van der Waals surface area contributed by atoms with Crippen LogP contribution in [0.3, 0.4) is 0 Å². The first-order valence-electron chi connectivity index (χ1n) is 45.7. The number of carbonyl (C=O) groups is 8. The van der Waals surface area contributed by atoms with Crippen LogP contribution in [0.15, 0.2) is 304 Å². The smallest absolute Gasteiger partial charge is 0.307 e. The van der Waals surface area contributed by atoms with Crippen LogP contribution in [0.4, 0.5) is 0 Å². The molecule has 4 aliphatic carbocycles. The van der Waals surface area contributed by atoms with Crippen LogP contribution in [0.1, 0.15) is 126 Å². The summed E-state index contributed by atoms with van der Waals surface area (Å²) < 4.78 is 24.4. The number of aromatic nitrogens is 5. The molecule has 9 heterocycles. The van der Waals surface area contributed by atoms with E-state index in [0.29, 0.717) is 83.5 Å². The molecule has 686 valence electrons. The normalized spacial score (nSPS) is 23.0. The largest absolute Gasteiger partial charge is 0.489 e. The van der Waals surface area contributed by atoms with Crippen molar-refractivity contribution < 1.29 is 77.9 Å². The van der Waals surface area contributed by atoms with Gasteiger partial charge in [-0.25, -0.2) is 25.9 Å². The van der Waals surface area contributed by atoms with Gasteiger partial charge in [0.1, 0.15) is 49.4 Å². The first kappa shape index (κ1) is 88.8. The third-order valence-corrected chi connectivity index (χ3v) is 28.2. The van der Waals surface area contributed by atoms with Gasteiger partial charge in [-0.2, -0.15) is 0 Å². The summed E-state index contributed by atoms with van der Waals surface area (Å²) >= 11 is 0. The third kappa shape index (κ3) is 18.0. The molecular formula is C110H95N11O16. The number of nitrogens with zero attached hydrogens (tertiary/aromatic N) is 5. The van der Waals surface area contributed by atoms with Crippen molar-refractivity contribution in [2.75, 3.05) is 0 Å². The van der Waals surface area contributed by atoms with E-state index in [1.807, 2.05) is 274 Å². The van der Waals surface area contributed by atoms with E-state index >= 15 is 0 Å². The number of carboxylic acid groups (broad SMARTS) is 2. The average Bonchev–Trinajstić information content (AvgIpc) is 1.61. The van der Waals surface area contributed by atoms with Gasteiger partial charge in [-0.15, -0.1) is 0 Å². The number of hydrogen-bond donors (Lipinski definition) is 10. The lowest BCUT2D eigenvalue weighted by atomic mass is 9.95. The number of nitrogens with one attached hydrogen (secondary N) is 6. The van der Waals surface area contributed by atoms with Crippen molar-refractivity contribution in [1.29, 1.82) is 0 Å². The van der Waals surface area contributed by atoms with Gasteiger partial charge < -0.3 is 50.4 Å². The fraction of sp³-hybridized carbons (Fsp3) is 0.227. The zero-order valence-corrected chi connectivity index (χ0v) is 74.4. The van der Waals surface area contributed by atoms with Crippen molar-refractivity contribution in [3.05, 3.63) is 354 Å². The molecule has 0 bridgehead atoms. The van der Waals surface area contributed by atoms with Crippen LogP contribution < -0.4 is 51.2 Å². The van der Waals surface area contributed by atoms with Gasteiger partial charge in [-0.05, 0) is 190 Å². The van der Waals surface area contributed by atoms with Gasteiger partial charge >= 0.3 is 11.9 Å². The Morgan fingerprint density at radius 3 is 0.891 bits per heavy atom. The van der Waals surface area contributed by atoms with E-state index in [-0.39, 0.29) is 47.8 Å². The molecule has 27 heteroatoms. The molecule has 15 aromatic rings. The summed E-state index contributed by atoms with van der Waals surface area (Å²) in [5, 5.41) is 52.5. The molecule has 4 spiro atoms. The molecule has 27 nitrogen and oxygen atoms in total. The van der Waals surface area contributed by atoms with Crippen LogP contribution in [0.2, 0.25) is 0 Å². The van der Waals surface area contributed by atoms with Crippen molar-refractivity contribution in [3.63, 3.8) is 0 Å². The summed E-state index contributed by atoms with van der Waals surface area (Å²) in [6.07, 6.45) is 7.45. The van der Waals surface area contributed by atoms with Crippen molar-refractivity contribution in [1.82, 2.24) is 57.1 Å². The maximum atomic E-state index is 12.5. The molecule has 137 heavy (non-hydrogen) atoms. The Morgan fingerprint density at radius 2 is 0.599 bits per heavy atom. The Balaban J connectivity index is 0.000000113. The molecule has 0 radical (unpaired) electrons. The van der Waals surface area contributed by atoms with E-state index in [1.165, 1.54) is 0 Å². The summed E-state index contributed by atoms with van der Waals surface area (Å²) in [6.45, 7) is 3.57. The minimum atomic E-state index is -0.886. The number of rotatable bonds is 23. The highest BCUT2D eigenvalue weighted by atomic mass is 16.5. The zero-order chi connectivity index (χ0) is 94.3. The van der Waals surface area contributed by atoms with Gasteiger partial charge in [0.05, 0.1) is 109 Å². The number of benzene rings is 10. The number of carboxylic acids is 2. The molecule has 4 saturated heterocycles. The molecule has 4 aliphatic heterocycles. The first-order valence-corrected chi connectivity index (χ1v) is 45.7. The molecule has 8 aliphatic rings. The van der Waals surface area contributed by atoms with Crippen LogP contribution >= 0.6 is 0 Å². The molecule has 4 unspecified atom stereocenters. The second-order valence-corrected chi connectivity index (χ2v) is 36.6. The topological polar surface area (TPSA) is 391 Å². The van der Waals surface area contributed by atoms with Gasteiger partial charge in [-0.3, -0.25) is 58.7 Å². The molecule has 10 aromatic carbocycles. The molecule has 23 rings (SSSR count). The average molecular weight is 1830 g/mol. The number of aliphatic carboxylic acids is 2. The van der Waals surface area contributed by atoms with Crippen molar-refractivity contribution in [2.24, 2.45) is 45.3 Å². The van der Waals surface area contributed by atoms with Crippen LogP contribution in [0.25, 0.3) is 77.4 Å². The molecule has 12 atom stereocenters. The summed E-state index contributed by atoms with van der Waals surface area (Å²) in [5.41, 5.74) is 18.9. The summed E-state index contributed by atoms with van der Waals surface area (Å²) in [6, 6.07) is 94.5. The van der Waals surface area contributed by atoms with E-state index in [2.05, 4.69) is 55.5 Å². The number of hydrogen-bond acceptors (Lipinski definition) is 19. The van der Waals surface area contributed by atoms with E-state index in [4.69, 9.17) is 44.3 Å². The number of pyridine rings is 5. The van der Waals surface area contributed by atoms with Gasteiger partial charge in [0.2, 0.25) is 35.4 Å². The van der Waals surface area contributed by atoms with Gasteiger partial charge in [0, 0.05) is 78.6 Å². The zero-order valence-electron chi connectivity index (χ0n) is 74.4. The van der Waals surface area contributed by atoms with E-state index in [1.54, 1.807) is 23.4 Å². The van der Waals surface area contributed by atoms with Crippen molar-refractivity contribution in [2.45, 2.75) is 109 Å². The van der Waals surface area contributed by atoms with Gasteiger partial charge in [0.25, 0.3) is 0 Å². The molecule has 10 N–H and O–H groups in total. The third-order valence-electron chi connectivity index (χ3n) is 28.2. The van der Waals surface area contributed by atoms with Gasteiger partial charge in [-0.1, -0.05) is 182 Å². The van der Waals surface area contributed by atoms with E-state index in [0.717, 1.165) is 145 Å². The lowest BCUT2D eigenvalue weighted by molar-refractivity contribution is -0.141. The number of hydroxylamine groups is 2. The molecule has 5 aromatic heterocycles. The Labute approximate surface area is 786 Å². The minimum absolute atomic E-state index is 0.125. The predicted molar refractivity (Wildman–Crippen MR) is 508 cm³/mol. The summed E-state index contributed by atoms with van der Waals surface area (Å²) in [5.74, 6) is -2.44. The van der Waals surface area contributed by atoms with E-state index < -0.39 is 69.1 Å². The van der Waals surface area contributed by atoms with Gasteiger partial charge in [0.15, 0.2) is 0 Å². The van der Waals surface area contributed by atoms with Crippen molar-refractivity contribution >= 4 is 91.0 Å². The monoisotopic (exact) mass is 1830 g/mol. The van der Waals surface area contributed by atoms with Crippen LogP contribution in [-0.2, 0) is 64.8 Å². The second-order valence-electron chi connectivity index (χ2n) is 36.6. The number of aryl methyl sites for hydroxylation is 1. The van der Waals surface area contributed by atoms with Crippen LogP contribution in [0, 0.1) is 52.3 Å². The first-order chi connectivity index (χ1) is 66.6. The lowest BCUT2D eigenvalue weighted by Gasteiger charge is -2.13. The second kappa shape index (κ2) is 37.0. The number of amides is 6. The maximum Gasteiger partial charge on any atom is 0.307 e. The van der Waals surface area contributed by atoms with Crippen LogP contribution in [-0.4, -0.2) is 92.9 Å². The number of ether oxygens (including phenoxy) is 4. The predicted octanol–water partition coefficient (Wildman–Crippen LogP) is 17.4. The Morgan fingerprint density at radius 1 is 0.328 bits per heavy atom. The standard InChI is InChI=1S/C29H25N3O4.C29H24N2O4.C28H24N4O4.C24H22N2O4/c33-27(32-35)23-15-29(23)16-26(31-28(29)34)19-10-12-21(13-11-19)36-17-20-14-25(18-6-2-1-3-7-18)30-24-9-5-4-8-22(20)24;32-27(33)23-15-29(23)16-26(31-28(29)34)19-10-12-21(13-11-19)35-17-20-14-25(18-6-2-1-3-7-18)30-24-9-5-4-8-22(20)24;33-26(32-35)22-13-28(22)14-25(31-27(28)34)17-7-9-20(10-8-17)36-16-19-12-24(18-4-3-11-29-15-18)30-23-6-2-1-5-21(19)23;1-14-10-16(18-4-2-3-5-20(18)25-14)13-30-17-8-6-15(7-9-17)21-12-24(23(29)26-21)11-19(24)22(27)28/h1-14,23,26,35H,15-17H2,(H,31,34)(H,32,33);1-14,23,26H,15-17H2,(H,31,34)(H,32,33);1-12,15,22,25,35H,13-14,16H2,(H,31,34)(H,32,33);2-10,19,21H,11-13H2,1H3,(H,26,29)(H,27,28)/t2*23-,26?,29-;22-,25?,28-;19-,21?,24-/m1111/s1. The summed E-state index contributed by atoms with van der Waals surface area (Å²) in [7, 11) is 0. The number of fused-ring (bicyclic) bond motifs is 4. The quantitative estimate of drug-likeness (QED) is 0.0210. The fourth-order valence-corrected chi connectivity index (χ4v) is 20.3. The highest BCUT2D eigenvalue weighted by molar-refractivity contribution is 6.00. The number of carbonyl (C=O) groups excluding carboxylic acids is 6. The Hall–Kier alpha value is -16.1. The lowest BCUT2D eigenvalue weighted by Crippen LogP contribution is -2.28.